The minimum atomic E-state index is 0.0383. The van der Waals surface area contributed by atoms with Crippen LogP contribution in [-0.2, 0) is 26.4 Å². The van der Waals surface area contributed by atoms with Gasteiger partial charge in [0.15, 0.2) is 0 Å². The van der Waals surface area contributed by atoms with Crippen molar-refractivity contribution in [3.63, 3.8) is 0 Å². The molecule has 0 radical (unpaired) electrons. The molecule has 19 heavy (non-hydrogen) atoms. The number of nitrogens with zero attached hydrogens (tertiary/aromatic N) is 4. The summed E-state index contributed by atoms with van der Waals surface area (Å²) in [6.45, 7) is 5.13. The van der Waals surface area contributed by atoms with Gasteiger partial charge in [0.2, 0.25) is 0 Å². The van der Waals surface area contributed by atoms with Crippen LogP contribution in [0.1, 0.15) is 37.0 Å². The maximum absolute atomic E-state index is 5.72. The molecule has 104 valence electrons. The van der Waals surface area contributed by atoms with Crippen LogP contribution >= 0.6 is 0 Å². The molecule has 0 saturated carbocycles. The second-order valence-electron chi connectivity index (χ2n) is 4.61. The molecule has 0 aromatic carbocycles. The number of imidazole rings is 1. The van der Waals surface area contributed by atoms with Gasteiger partial charge in [-0.05, 0) is 13.3 Å². The first-order chi connectivity index (χ1) is 9.19. The van der Waals surface area contributed by atoms with Crippen LogP contribution in [0.25, 0.3) is 0 Å². The quantitative estimate of drug-likeness (QED) is 0.600. The Morgan fingerprint density at radius 1 is 1.42 bits per heavy atom. The van der Waals surface area contributed by atoms with Crippen molar-refractivity contribution < 1.29 is 0 Å². The number of aromatic nitrogens is 4. The van der Waals surface area contributed by atoms with Gasteiger partial charge in [0.05, 0.1) is 11.7 Å². The van der Waals surface area contributed by atoms with Crippen molar-refractivity contribution >= 4 is 0 Å². The van der Waals surface area contributed by atoms with Crippen LogP contribution in [0.5, 0.6) is 0 Å². The standard InChI is InChI=1S/C13H22N6/c1-4-11-10(9-18(3)17-11)12(16-14)8-13-15-6-7-19(13)5-2/h6-7,9,12,16H,4-5,8,14H2,1-3H3. The molecule has 0 spiro atoms. The molecular weight excluding hydrogens is 240 g/mol. The van der Waals surface area contributed by atoms with Gasteiger partial charge in [0, 0.05) is 44.2 Å². The zero-order chi connectivity index (χ0) is 13.8. The molecule has 1 unspecified atom stereocenters. The van der Waals surface area contributed by atoms with Crippen molar-refractivity contribution in [3.8, 4) is 0 Å². The van der Waals surface area contributed by atoms with Crippen molar-refractivity contribution in [1.82, 2.24) is 24.8 Å². The van der Waals surface area contributed by atoms with E-state index in [-0.39, 0.29) is 6.04 Å². The first-order valence-corrected chi connectivity index (χ1v) is 6.68. The van der Waals surface area contributed by atoms with Crippen molar-refractivity contribution in [2.45, 2.75) is 39.3 Å². The predicted octanol–water partition coefficient (Wildman–Crippen LogP) is 0.946. The molecule has 0 fully saturated rings. The van der Waals surface area contributed by atoms with E-state index in [9.17, 15) is 0 Å². The van der Waals surface area contributed by atoms with Gasteiger partial charge in [-0.15, -0.1) is 0 Å². The zero-order valence-corrected chi connectivity index (χ0v) is 11.8. The van der Waals surface area contributed by atoms with Crippen LogP contribution in [0.15, 0.2) is 18.6 Å². The molecule has 0 aliphatic rings. The third-order valence-corrected chi connectivity index (χ3v) is 3.38. The third-order valence-electron chi connectivity index (χ3n) is 3.38. The second-order valence-corrected chi connectivity index (χ2v) is 4.61. The average molecular weight is 262 g/mol. The van der Waals surface area contributed by atoms with Crippen molar-refractivity contribution in [3.05, 3.63) is 35.7 Å². The van der Waals surface area contributed by atoms with E-state index in [1.54, 1.807) is 0 Å². The van der Waals surface area contributed by atoms with Gasteiger partial charge in [-0.3, -0.25) is 16.0 Å². The Morgan fingerprint density at radius 3 is 2.84 bits per heavy atom. The number of hydrazine groups is 1. The molecule has 0 bridgehead atoms. The number of rotatable bonds is 6. The highest BCUT2D eigenvalue weighted by Gasteiger charge is 2.19. The molecule has 0 aliphatic carbocycles. The van der Waals surface area contributed by atoms with Crippen molar-refractivity contribution in [1.29, 1.82) is 0 Å². The van der Waals surface area contributed by atoms with Crippen LogP contribution in [-0.4, -0.2) is 19.3 Å². The Morgan fingerprint density at radius 2 is 2.21 bits per heavy atom. The van der Waals surface area contributed by atoms with Gasteiger partial charge in [-0.2, -0.15) is 5.10 Å². The van der Waals surface area contributed by atoms with Crippen LogP contribution in [0.2, 0.25) is 0 Å². The fourth-order valence-corrected chi connectivity index (χ4v) is 2.38. The SMILES string of the molecule is CCc1nn(C)cc1C(Cc1nccn1CC)NN. The summed E-state index contributed by atoms with van der Waals surface area (Å²) in [6.07, 6.45) is 7.51. The number of hydrogen-bond acceptors (Lipinski definition) is 4. The van der Waals surface area contributed by atoms with Crippen LogP contribution < -0.4 is 11.3 Å². The largest absolute Gasteiger partial charge is 0.335 e. The molecule has 6 heteroatoms. The number of aryl methyl sites for hydroxylation is 3. The number of hydrogen-bond donors (Lipinski definition) is 2. The Balaban J connectivity index is 2.25. The van der Waals surface area contributed by atoms with Crippen LogP contribution in [0.4, 0.5) is 0 Å². The first kappa shape index (κ1) is 13.8. The highest BCUT2D eigenvalue weighted by molar-refractivity contribution is 5.22. The molecule has 6 nitrogen and oxygen atoms in total. The maximum atomic E-state index is 5.72. The highest BCUT2D eigenvalue weighted by atomic mass is 15.3. The summed E-state index contributed by atoms with van der Waals surface area (Å²) >= 11 is 0. The van der Waals surface area contributed by atoms with Gasteiger partial charge < -0.3 is 4.57 Å². The summed E-state index contributed by atoms with van der Waals surface area (Å²) in [5, 5.41) is 4.46. The van der Waals surface area contributed by atoms with Crippen molar-refractivity contribution in [2.24, 2.45) is 12.9 Å². The Kier molecular flexibility index (Phi) is 4.34. The number of nitrogens with two attached hydrogens (primary N) is 1. The molecule has 0 aliphatic heterocycles. The summed E-state index contributed by atoms with van der Waals surface area (Å²) in [4.78, 5) is 4.40. The lowest BCUT2D eigenvalue weighted by Gasteiger charge is -2.16. The molecule has 2 aromatic heterocycles. The van der Waals surface area contributed by atoms with Gasteiger partial charge in [0.25, 0.3) is 0 Å². The Hall–Kier alpha value is -1.66. The summed E-state index contributed by atoms with van der Waals surface area (Å²) in [7, 11) is 1.93. The molecular formula is C13H22N6. The molecule has 2 aromatic rings. The van der Waals surface area contributed by atoms with E-state index in [0.717, 1.165) is 36.5 Å². The molecule has 1 atom stereocenters. The van der Waals surface area contributed by atoms with Crippen LogP contribution in [0, 0.1) is 0 Å². The first-order valence-electron chi connectivity index (χ1n) is 6.68. The van der Waals surface area contributed by atoms with Gasteiger partial charge in [0.1, 0.15) is 5.82 Å². The summed E-state index contributed by atoms with van der Waals surface area (Å²) in [6, 6.07) is 0.0383. The van der Waals surface area contributed by atoms with E-state index in [1.807, 2.05) is 30.3 Å². The lowest BCUT2D eigenvalue weighted by molar-refractivity contribution is 0.519. The van der Waals surface area contributed by atoms with E-state index in [4.69, 9.17) is 5.84 Å². The van der Waals surface area contributed by atoms with Crippen molar-refractivity contribution in [2.75, 3.05) is 0 Å². The van der Waals surface area contributed by atoms with E-state index in [2.05, 4.69) is 33.9 Å². The van der Waals surface area contributed by atoms with Gasteiger partial charge >= 0.3 is 0 Å². The fraction of sp³-hybridized carbons (Fsp3) is 0.538. The Bertz CT molecular complexity index is 527. The predicted molar refractivity (Wildman–Crippen MR) is 74.3 cm³/mol. The van der Waals surface area contributed by atoms with E-state index in [0.29, 0.717) is 0 Å². The maximum Gasteiger partial charge on any atom is 0.110 e. The van der Waals surface area contributed by atoms with E-state index < -0.39 is 0 Å². The second kappa shape index (κ2) is 5.99. The number of nitrogens with one attached hydrogen (secondary N) is 1. The normalized spacial score (nSPS) is 12.8. The summed E-state index contributed by atoms with van der Waals surface area (Å²) in [5.41, 5.74) is 5.12. The third kappa shape index (κ3) is 2.85. The molecule has 0 amide bonds. The monoisotopic (exact) mass is 262 g/mol. The summed E-state index contributed by atoms with van der Waals surface area (Å²) < 4.78 is 3.97. The fourth-order valence-electron chi connectivity index (χ4n) is 2.38. The Labute approximate surface area is 113 Å². The van der Waals surface area contributed by atoms with E-state index >= 15 is 0 Å². The smallest absolute Gasteiger partial charge is 0.110 e. The lowest BCUT2D eigenvalue weighted by Crippen LogP contribution is -2.30. The van der Waals surface area contributed by atoms with E-state index in [1.165, 1.54) is 0 Å². The summed E-state index contributed by atoms with van der Waals surface area (Å²) in [5.74, 6) is 6.76. The average Bonchev–Trinajstić information content (AvgIpc) is 3.01. The van der Waals surface area contributed by atoms with Gasteiger partial charge in [-0.1, -0.05) is 6.92 Å². The lowest BCUT2D eigenvalue weighted by atomic mass is 10.0. The molecule has 2 heterocycles. The zero-order valence-electron chi connectivity index (χ0n) is 11.8. The minimum absolute atomic E-state index is 0.0383. The van der Waals surface area contributed by atoms with Gasteiger partial charge in [-0.25, -0.2) is 4.98 Å². The minimum Gasteiger partial charge on any atom is -0.335 e. The topological polar surface area (TPSA) is 73.7 Å². The van der Waals surface area contributed by atoms with Crippen LogP contribution in [0.3, 0.4) is 0 Å². The highest BCUT2D eigenvalue weighted by Crippen LogP contribution is 2.20. The molecule has 3 N–H and O–H groups in total. The molecule has 0 saturated heterocycles. The molecule has 2 rings (SSSR count).